The van der Waals surface area contributed by atoms with Crippen LogP contribution < -0.4 is 0 Å². The molecular weight excluding hydrogens is 224 g/mol. The highest BCUT2D eigenvalue weighted by Crippen LogP contribution is 2.20. The fourth-order valence-corrected chi connectivity index (χ4v) is 1.67. The second kappa shape index (κ2) is 5.58. The van der Waals surface area contributed by atoms with Crippen LogP contribution in [0.15, 0.2) is 30.3 Å². The van der Waals surface area contributed by atoms with Crippen LogP contribution in [-0.2, 0) is 6.54 Å². The van der Waals surface area contributed by atoms with Crippen LogP contribution in [0.1, 0.15) is 25.8 Å². The molecule has 0 amide bonds. The maximum absolute atomic E-state index is 4.36. The lowest BCUT2D eigenvalue weighted by atomic mass is 10.0. The molecule has 93 valence electrons. The standard InChI is InChI=1S/C14H17N4/c1-4-9-18-16-14(15-17-18)13-8-6-7-12(10-13)11(3)5-2/h5-8,10H,2,4,9H2,1,3H3. The molecule has 1 heterocycles. The second-order valence-corrected chi connectivity index (χ2v) is 4.18. The van der Waals surface area contributed by atoms with Crippen LogP contribution in [0.4, 0.5) is 0 Å². The first kappa shape index (κ1) is 12.5. The van der Waals surface area contributed by atoms with Gasteiger partial charge in [-0.1, -0.05) is 31.2 Å². The molecule has 0 bridgehead atoms. The Hall–Kier alpha value is -1.97. The summed E-state index contributed by atoms with van der Waals surface area (Å²) in [7, 11) is 0. The number of rotatable bonds is 4. The van der Waals surface area contributed by atoms with Crippen LogP contribution in [0.2, 0.25) is 0 Å². The summed E-state index contributed by atoms with van der Waals surface area (Å²) in [6.07, 6.45) is 2.85. The molecule has 0 spiro atoms. The first-order chi connectivity index (χ1) is 8.74. The Labute approximate surface area is 107 Å². The van der Waals surface area contributed by atoms with Gasteiger partial charge in [0.15, 0.2) is 0 Å². The molecule has 4 heteroatoms. The first-order valence-corrected chi connectivity index (χ1v) is 6.09. The van der Waals surface area contributed by atoms with Gasteiger partial charge in [0.05, 0.1) is 6.54 Å². The lowest BCUT2D eigenvalue weighted by molar-refractivity contribution is 0.515. The van der Waals surface area contributed by atoms with E-state index in [0.29, 0.717) is 5.82 Å². The molecule has 1 aromatic carbocycles. The zero-order valence-electron chi connectivity index (χ0n) is 10.8. The zero-order valence-corrected chi connectivity index (χ0v) is 10.8. The highest BCUT2D eigenvalue weighted by Gasteiger charge is 2.06. The molecule has 18 heavy (non-hydrogen) atoms. The fraction of sp³-hybridized carbons (Fsp3) is 0.286. The molecule has 0 saturated carbocycles. The number of benzene rings is 1. The quantitative estimate of drug-likeness (QED) is 0.826. The summed E-state index contributed by atoms with van der Waals surface area (Å²) in [5.41, 5.74) is 3.25. The van der Waals surface area contributed by atoms with E-state index in [-0.39, 0.29) is 0 Å². The molecule has 0 aliphatic carbocycles. The molecule has 0 aliphatic heterocycles. The summed E-state index contributed by atoms with van der Waals surface area (Å²) in [5.74, 6) is 0.669. The largest absolute Gasteiger partial charge is 0.204 e. The van der Waals surface area contributed by atoms with E-state index in [0.717, 1.165) is 29.7 Å². The van der Waals surface area contributed by atoms with Crippen molar-refractivity contribution in [3.05, 3.63) is 42.8 Å². The number of nitrogens with zero attached hydrogens (tertiary/aromatic N) is 4. The van der Waals surface area contributed by atoms with E-state index in [1.54, 1.807) is 4.80 Å². The molecule has 0 fully saturated rings. The summed E-state index contributed by atoms with van der Waals surface area (Å²) >= 11 is 0. The Morgan fingerprint density at radius 2 is 2.28 bits per heavy atom. The summed E-state index contributed by atoms with van der Waals surface area (Å²) in [6, 6.07) is 8.10. The Morgan fingerprint density at radius 1 is 1.44 bits per heavy atom. The molecule has 0 unspecified atom stereocenters. The molecule has 0 N–H and O–H groups in total. The zero-order chi connectivity index (χ0) is 13.0. The van der Waals surface area contributed by atoms with Gasteiger partial charge in [-0.3, -0.25) is 0 Å². The van der Waals surface area contributed by atoms with Crippen LogP contribution in [-0.4, -0.2) is 20.2 Å². The van der Waals surface area contributed by atoms with Gasteiger partial charge >= 0.3 is 0 Å². The van der Waals surface area contributed by atoms with E-state index in [9.17, 15) is 0 Å². The van der Waals surface area contributed by atoms with Crippen molar-refractivity contribution in [1.29, 1.82) is 0 Å². The summed E-state index contributed by atoms with van der Waals surface area (Å²) < 4.78 is 0. The van der Waals surface area contributed by atoms with E-state index >= 15 is 0 Å². The lowest BCUT2D eigenvalue weighted by Gasteiger charge is -2.02. The molecule has 2 rings (SSSR count). The predicted molar refractivity (Wildman–Crippen MR) is 72.6 cm³/mol. The third kappa shape index (κ3) is 2.64. The fourth-order valence-electron chi connectivity index (χ4n) is 1.67. The third-order valence-electron chi connectivity index (χ3n) is 2.76. The van der Waals surface area contributed by atoms with Crippen molar-refractivity contribution in [2.24, 2.45) is 0 Å². The maximum atomic E-state index is 4.36. The SMILES string of the molecule is [CH2]C=C(C)c1cccc(-c2nnn(CCC)n2)c1. The Balaban J connectivity index is 2.32. The van der Waals surface area contributed by atoms with Gasteiger partial charge < -0.3 is 0 Å². The van der Waals surface area contributed by atoms with Crippen LogP contribution in [0, 0.1) is 6.92 Å². The van der Waals surface area contributed by atoms with Gasteiger partial charge in [0.2, 0.25) is 5.82 Å². The number of allylic oxidation sites excluding steroid dienone is 2. The molecule has 4 nitrogen and oxygen atoms in total. The summed E-state index contributed by atoms with van der Waals surface area (Å²) in [4.78, 5) is 1.63. The van der Waals surface area contributed by atoms with Gasteiger partial charge in [-0.05, 0) is 42.7 Å². The second-order valence-electron chi connectivity index (χ2n) is 4.18. The van der Waals surface area contributed by atoms with Crippen molar-refractivity contribution in [2.75, 3.05) is 0 Å². The summed E-state index contributed by atoms with van der Waals surface area (Å²) in [6.45, 7) is 8.70. The molecule has 1 radical (unpaired) electrons. The number of hydrogen-bond donors (Lipinski definition) is 0. The Morgan fingerprint density at radius 3 is 3.00 bits per heavy atom. The number of aromatic nitrogens is 4. The van der Waals surface area contributed by atoms with Crippen molar-refractivity contribution in [3.63, 3.8) is 0 Å². The Bertz CT molecular complexity index is 554. The highest BCUT2D eigenvalue weighted by atomic mass is 15.6. The van der Waals surface area contributed by atoms with Crippen molar-refractivity contribution < 1.29 is 0 Å². The van der Waals surface area contributed by atoms with E-state index in [4.69, 9.17) is 0 Å². The predicted octanol–water partition coefficient (Wildman–Crippen LogP) is 2.99. The Kier molecular flexibility index (Phi) is 3.87. The lowest BCUT2D eigenvalue weighted by Crippen LogP contribution is -2.00. The topological polar surface area (TPSA) is 43.6 Å². The molecule has 1 aromatic heterocycles. The third-order valence-corrected chi connectivity index (χ3v) is 2.76. The van der Waals surface area contributed by atoms with Crippen LogP contribution in [0.3, 0.4) is 0 Å². The van der Waals surface area contributed by atoms with E-state index in [1.807, 2.05) is 25.1 Å². The summed E-state index contributed by atoms with van der Waals surface area (Å²) in [5, 5.41) is 12.5. The normalized spacial score (nSPS) is 11.8. The first-order valence-electron chi connectivity index (χ1n) is 6.09. The number of tetrazole rings is 1. The van der Waals surface area contributed by atoms with Gasteiger partial charge in [0, 0.05) is 5.56 Å². The van der Waals surface area contributed by atoms with Crippen molar-refractivity contribution in [3.8, 4) is 11.4 Å². The smallest absolute Gasteiger partial charge is 0.164 e. The van der Waals surface area contributed by atoms with Crippen LogP contribution in [0.5, 0.6) is 0 Å². The van der Waals surface area contributed by atoms with E-state index in [2.05, 4.69) is 41.4 Å². The van der Waals surface area contributed by atoms with Gasteiger partial charge in [0.1, 0.15) is 0 Å². The average molecular weight is 241 g/mol. The van der Waals surface area contributed by atoms with Crippen molar-refractivity contribution in [1.82, 2.24) is 20.2 Å². The highest BCUT2D eigenvalue weighted by molar-refractivity contribution is 5.69. The van der Waals surface area contributed by atoms with Gasteiger partial charge in [-0.2, -0.15) is 4.80 Å². The average Bonchev–Trinajstić information content (AvgIpc) is 2.87. The monoisotopic (exact) mass is 241 g/mol. The molecule has 0 aliphatic rings. The number of hydrogen-bond acceptors (Lipinski definition) is 3. The molecule has 0 atom stereocenters. The number of aryl methyl sites for hydroxylation is 1. The molecular formula is C14H17N4. The van der Waals surface area contributed by atoms with Crippen LogP contribution >= 0.6 is 0 Å². The minimum absolute atomic E-state index is 0.669. The minimum atomic E-state index is 0.669. The van der Waals surface area contributed by atoms with E-state index in [1.165, 1.54) is 0 Å². The van der Waals surface area contributed by atoms with Crippen LogP contribution in [0.25, 0.3) is 17.0 Å². The van der Waals surface area contributed by atoms with Gasteiger partial charge in [-0.25, -0.2) is 0 Å². The van der Waals surface area contributed by atoms with E-state index < -0.39 is 0 Å². The maximum Gasteiger partial charge on any atom is 0.204 e. The molecule has 2 aromatic rings. The van der Waals surface area contributed by atoms with Crippen molar-refractivity contribution in [2.45, 2.75) is 26.8 Å². The van der Waals surface area contributed by atoms with Gasteiger partial charge in [-0.15, -0.1) is 10.2 Å². The minimum Gasteiger partial charge on any atom is -0.164 e. The van der Waals surface area contributed by atoms with Gasteiger partial charge in [0.25, 0.3) is 0 Å². The van der Waals surface area contributed by atoms with Crippen molar-refractivity contribution >= 4 is 5.57 Å². The molecule has 0 saturated heterocycles.